The number of hydrogen-bond acceptors (Lipinski definition) is 7. The molecule has 6 rings (SSSR count). The Labute approximate surface area is 206 Å². The minimum atomic E-state index is -0.880. The molecule has 2 aliphatic heterocycles. The molecule has 1 aromatic heterocycles. The highest BCUT2D eigenvalue weighted by Gasteiger charge is 2.45. The Bertz CT molecular complexity index is 1520. The van der Waals surface area contributed by atoms with Crippen molar-refractivity contribution >= 4 is 34.0 Å². The summed E-state index contributed by atoms with van der Waals surface area (Å²) in [5.74, 6) is -0.753. The van der Waals surface area contributed by atoms with Gasteiger partial charge in [0.15, 0.2) is 23.0 Å². The summed E-state index contributed by atoms with van der Waals surface area (Å²) in [5.41, 5.74) is 2.58. The topological polar surface area (TPSA) is 92.5 Å². The number of rotatable bonds is 5. The number of aliphatic hydroxyl groups excluding tert-OH is 1. The molecule has 36 heavy (non-hydrogen) atoms. The maximum absolute atomic E-state index is 13.8. The van der Waals surface area contributed by atoms with Gasteiger partial charge in [-0.2, -0.15) is 0 Å². The monoisotopic (exact) mass is 482 g/mol. The van der Waals surface area contributed by atoms with Crippen LogP contribution in [0.2, 0.25) is 0 Å². The number of anilines is 2. The van der Waals surface area contributed by atoms with E-state index in [4.69, 9.17) is 13.9 Å². The lowest BCUT2D eigenvalue weighted by Gasteiger charge is -2.27. The predicted octanol–water partition coefficient (Wildman–Crippen LogP) is 5.01. The van der Waals surface area contributed by atoms with Gasteiger partial charge < -0.3 is 23.9 Å². The van der Waals surface area contributed by atoms with Crippen molar-refractivity contribution in [3.8, 4) is 11.5 Å². The number of carbonyl (C=O) groups is 2. The van der Waals surface area contributed by atoms with E-state index in [1.807, 2.05) is 61.5 Å². The number of aliphatic hydroxyl groups is 1. The normalized spacial score (nSPS) is 16.8. The molecule has 1 N–H and O–H groups in total. The van der Waals surface area contributed by atoms with E-state index in [1.54, 1.807) is 30.3 Å². The number of benzene rings is 3. The van der Waals surface area contributed by atoms with E-state index < -0.39 is 23.5 Å². The van der Waals surface area contributed by atoms with Gasteiger partial charge in [0.2, 0.25) is 12.6 Å². The highest BCUT2D eigenvalue weighted by atomic mass is 16.7. The van der Waals surface area contributed by atoms with Crippen molar-refractivity contribution in [1.29, 1.82) is 0 Å². The molecule has 0 spiro atoms. The highest BCUT2D eigenvalue weighted by molar-refractivity contribution is 6.20. The highest BCUT2D eigenvalue weighted by Crippen LogP contribution is 2.45. The predicted molar refractivity (Wildman–Crippen MR) is 134 cm³/mol. The van der Waals surface area contributed by atoms with E-state index in [0.29, 0.717) is 28.3 Å². The first-order valence-electron chi connectivity index (χ1n) is 11.4. The maximum atomic E-state index is 13.8. The van der Waals surface area contributed by atoms with E-state index in [2.05, 4.69) is 0 Å². The summed E-state index contributed by atoms with van der Waals surface area (Å²) in [5, 5.41) is 11.8. The van der Waals surface area contributed by atoms with Crippen LogP contribution in [-0.4, -0.2) is 37.7 Å². The average molecular weight is 482 g/mol. The van der Waals surface area contributed by atoms with Crippen molar-refractivity contribution in [2.24, 2.45) is 0 Å². The van der Waals surface area contributed by atoms with E-state index in [9.17, 15) is 14.7 Å². The molecule has 8 nitrogen and oxygen atoms in total. The van der Waals surface area contributed by atoms with Crippen LogP contribution in [0.4, 0.5) is 11.4 Å². The number of hydrogen-bond donors (Lipinski definition) is 1. The summed E-state index contributed by atoms with van der Waals surface area (Å²) in [6.45, 7) is 0.0848. The fourth-order valence-electron chi connectivity index (χ4n) is 4.64. The molecule has 0 saturated heterocycles. The molecule has 0 fully saturated rings. The molecule has 1 unspecified atom stereocenters. The quantitative estimate of drug-likeness (QED) is 0.400. The lowest BCUT2D eigenvalue weighted by atomic mass is 9.94. The Balaban J connectivity index is 1.48. The van der Waals surface area contributed by atoms with Gasteiger partial charge >= 0.3 is 0 Å². The standard InChI is InChI=1S/C28H22N2O6/c1-29(2)18-9-7-16(8-10-18)25-24(26(31)23-13-17-5-3-4-6-20(17)36-23)27(32)28(33)30(25)19-11-12-21-22(14-19)35-15-34-21/h3-14,25,32H,15H2,1-2H3. The molecule has 0 radical (unpaired) electrons. The number of furan rings is 1. The summed E-state index contributed by atoms with van der Waals surface area (Å²) in [6, 6.07) is 20.6. The lowest BCUT2D eigenvalue weighted by Crippen LogP contribution is -2.31. The van der Waals surface area contributed by atoms with Crippen molar-refractivity contribution in [3.05, 3.63) is 95.5 Å². The van der Waals surface area contributed by atoms with Gasteiger partial charge in [-0.1, -0.05) is 30.3 Å². The second kappa shape index (κ2) is 8.20. The van der Waals surface area contributed by atoms with E-state index in [1.165, 1.54) is 4.90 Å². The Morgan fingerprint density at radius 1 is 0.972 bits per heavy atom. The molecule has 0 bridgehead atoms. The van der Waals surface area contributed by atoms with Crippen LogP contribution in [0.15, 0.2) is 88.5 Å². The van der Waals surface area contributed by atoms with Gasteiger partial charge in [-0.05, 0) is 42.0 Å². The summed E-state index contributed by atoms with van der Waals surface area (Å²) in [6.07, 6.45) is 0. The first kappa shape index (κ1) is 21.8. The molecule has 4 aromatic rings. The molecule has 0 saturated carbocycles. The first-order valence-corrected chi connectivity index (χ1v) is 11.4. The van der Waals surface area contributed by atoms with Gasteiger partial charge in [-0.15, -0.1) is 0 Å². The zero-order chi connectivity index (χ0) is 25.0. The SMILES string of the molecule is CN(C)c1ccc(C2C(C(=O)c3cc4ccccc4o3)=C(O)C(=O)N2c2ccc3c(c2)OCO3)cc1. The summed E-state index contributed by atoms with van der Waals surface area (Å²) >= 11 is 0. The van der Waals surface area contributed by atoms with Crippen LogP contribution in [0.5, 0.6) is 11.5 Å². The Kier molecular flexibility index (Phi) is 4.96. The van der Waals surface area contributed by atoms with Crippen molar-refractivity contribution in [3.63, 3.8) is 0 Å². The average Bonchev–Trinajstić information content (AvgIpc) is 3.59. The van der Waals surface area contributed by atoms with Gasteiger partial charge in [0.25, 0.3) is 5.91 Å². The Morgan fingerprint density at radius 2 is 1.72 bits per heavy atom. The minimum Gasteiger partial charge on any atom is -0.503 e. The zero-order valence-corrected chi connectivity index (χ0v) is 19.6. The Hall–Kier alpha value is -4.72. The second-order valence-electron chi connectivity index (χ2n) is 8.84. The van der Waals surface area contributed by atoms with Crippen LogP contribution in [0, 0.1) is 0 Å². The van der Waals surface area contributed by atoms with Crippen LogP contribution in [-0.2, 0) is 4.79 Å². The molecule has 1 amide bonds. The number of ether oxygens (including phenoxy) is 2. The van der Waals surface area contributed by atoms with Gasteiger partial charge in [0.05, 0.1) is 11.6 Å². The molecule has 180 valence electrons. The third kappa shape index (κ3) is 3.38. The van der Waals surface area contributed by atoms with Crippen LogP contribution in [0.25, 0.3) is 11.0 Å². The second-order valence-corrected chi connectivity index (χ2v) is 8.84. The molecule has 3 aromatic carbocycles. The fraction of sp³-hybridized carbons (Fsp3) is 0.143. The van der Waals surface area contributed by atoms with Crippen molar-refractivity contribution in [2.45, 2.75) is 6.04 Å². The van der Waals surface area contributed by atoms with Gasteiger partial charge in [0, 0.05) is 36.9 Å². The molecular weight excluding hydrogens is 460 g/mol. The van der Waals surface area contributed by atoms with Crippen LogP contribution >= 0.6 is 0 Å². The number of ketones is 1. The van der Waals surface area contributed by atoms with Gasteiger partial charge in [-0.25, -0.2) is 0 Å². The number of nitrogens with zero attached hydrogens (tertiary/aromatic N) is 2. The lowest BCUT2D eigenvalue weighted by molar-refractivity contribution is -0.117. The molecular formula is C28H22N2O6. The molecule has 1 atom stereocenters. The van der Waals surface area contributed by atoms with Gasteiger partial charge in [-0.3, -0.25) is 14.5 Å². The zero-order valence-electron chi connectivity index (χ0n) is 19.6. The maximum Gasteiger partial charge on any atom is 0.294 e. The molecule has 3 heterocycles. The third-order valence-corrected chi connectivity index (χ3v) is 6.46. The van der Waals surface area contributed by atoms with Crippen LogP contribution < -0.4 is 19.3 Å². The largest absolute Gasteiger partial charge is 0.503 e. The third-order valence-electron chi connectivity index (χ3n) is 6.46. The summed E-state index contributed by atoms with van der Waals surface area (Å²) in [7, 11) is 3.85. The van der Waals surface area contributed by atoms with Crippen LogP contribution in [0.1, 0.15) is 22.2 Å². The number of Topliss-reactive ketones (excluding diaryl/α,β-unsaturated/α-hetero) is 1. The van der Waals surface area contributed by atoms with Crippen molar-refractivity contribution in [2.75, 3.05) is 30.7 Å². The molecule has 8 heteroatoms. The van der Waals surface area contributed by atoms with E-state index in [-0.39, 0.29) is 18.1 Å². The Morgan fingerprint density at radius 3 is 2.47 bits per heavy atom. The van der Waals surface area contributed by atoms with E-state index >= 15 is 0 Å². The minimum absolute atomic E-state index is 0.0469. The van der Waals surface area contributed by atoms with Crippen LogP contribution in [0.3, 0.4) is 0 Å². The summed E-state index contributed by atoms with van der Waals surface area (Å²) < 4.78 is 16.7. The van der Waals surface area contributed by atoms with E-state index in [0.717, 1.165) is 11.1 Å². The number of carbonyl (C=O) groups excluding carboxylic acids is 2. The van der Waals surface area contributed by atoms with Crippen molar-refractivity contribution < 1.29 is 28.6 Å². The number of amides is 1. The van der Waals surface area contributed by atoms with Gasteiger partial charge in [0.1, 0.15) is 5.58 Å². The first-order chi connectivity index (χ1) is 17.4. The molecule has 2 aliphatic rings. The number of para-hydroxylation sites is 1. The smallest absolute Gasteiger partial charge is 0.294 e. The van der Waals surface area contributed by atoms with Crippen molar-refractivity contribution in [1.82, 2.24) is 0 Å². The summed E-state index contributed by atoms with van der Waals surface area (Å²) in [4.78, 5) is 30.5. The number of fused-ring (bicyclic) bond motifs is 2. The fourth-order valence-corrected chi connectivity index (χ4v) is 4.64. The molecule has 0 aliphatic carbocycles.